The molecule has 1 aliphatic heterocycles. The number of aromatic nitrogens is 1. The highest BCUT2D eigenvalue weighted by Crippen LogP contribution is 2.17. The van der Waals surface area contributed by atoms with Gasteiger partial charge >= 0.3 is 11.7 Å². The van der Waals surface area contributed by atoms with Crippen LogP contribution in [0.2, 0.25) is 0 Å². The molecule has 22 heavy (non-hydrogen) atoms. The maximum atomic E-state index is 10.7. The van der Waals surface area contributed by atoms with E-state index in [1.54, 1.807) is 6.07 Å². The number of nitro groups is 1. The van der Waals surface area contributed by atoms with Gasteiger partial charge in [-0.2, -0.15) is 0 Å². The Morgan fingerprint density at radius 2 is 2.27 bits per heavy atom. The SMILES string of the molecule is CN1CCC/C1=N\c1cccc[n+]1Cc1ccc([N+](=O)[O-])o1. The van der Waals surface area contributed by atoms with Crippen molar-refractivity contribution in [3.8, 4) is 0 Å². The van der Waals surface area contributed by atoms with E-state index in [1.807, 2.05) is 36.0 Å². The summed E-state index contributed by atoms with van der Waals surface area (Å²) in [6, 6.07) is 8.75. The van der Waals surface area contributed by atoms with Crippen LogP contribution in [0, 0.1) is 10.1 Å². The van der Waals surface area contributed by atoms with Crippen LogP contribution in [0.5, 0.6) is 0 Å². The Balaban J connectivity index is 1.86. The molecule has 0 spiro atoms. The van der Waals surface area contributed by atoms with Crippen molar-refractivity contribution in [2.45, 2.75) is 19.4 Å². The minimum atomic E-state index is -0.534. The van der Waals surface area contributed by atoms with Crippen LogP contribution >= 0.6 is 0 Å². The summed E-state index contributed by atoms with van der Waals surface area (Å²) >= 11 is 0. The van der Waals surface area contributed by atoms with Gasteiger partial charge in [0.25, 0.3) is 0 Å². The molecule has 114 valence electrons. The van der Waals surface area contributed by atoms with E-state index < -0.39 is 4.92 Å². The smallest absolute Gasteiger partial charge is 0.402 e. The third-order valence-electron chi connectivity index (χ3n) is 3.65. The van der Waals surface area contributed by atoms with Crippen LogP contribution in [0.15, 0.2) is 45.9 Å². The zero-order valence-corrected chi connectivity index (χ0v) is 12.3. The molecule has 0 N–H and O–H groups in total. The number of nitrogens with zero attached hydrogens (tertiary/aromatic N) is 4. The van der Waals surface area contributed by atoms with Crippen molar-refractivity contribution in [1.29, 1.82) is 0 Å². The van der Waals surface area contributed by atoms with Crippen molar-refractivity contribution in [2.75, 3.05) is 13.6 Å². The second kappa shape index (κ2) is 5.97. The monoisotopic (exact) mass is 301 g/mol. The van der Waals surface area contributed by atoms with Gasteiger partial charge in [0.15, 0.2) is 5.76 Å². The van der Waals surface area contributed by atoms with Crippen molar-refractivity contribution in [2.24, 2.45) is 4.99 Å². The molecule has 1 aliphatic rings. The van der Waals surface area contributed by atoms with Gasteiger partial charge in [0, 0.05) is 26.1 Å². The fourth-order valence-corrected chi connectivity index (χ4v) is 2.49. The molecule has 0 radical (unpaired) electrons. The Morgan fingerprint density at radius 3 is 2.95 bits per heavy atom. The molecule has 0 unspecified atom stereocenters. The van der Waals surface area contributed by atoms with E-state index in [4.69, 9.17) is 9.41 Å². The summed E-state index contributed by atoms with van der Waals surface area (Å²) in [6.45, 7) is 1.43. The van der Waals surface area contributed by atoms with Gasteiger partial charge < -0.3 is 9.32 Å². The van der Waals surface area contributed by atoms with Gasteiger partial charge in [-0.1, -0.05) is 6.07 Å². The Morgan fingerprint density at radius 1 is 1.41 bits per heavy atom. The number of hydrogen-bond donors (Lipinski definition) is 0. The molecule has 0 atom stereocenters. The van der Waals surface area contributed by atoms with Crippen LogP contribution < -0.4 is 4.57 Å². The van der Waals surface area contributed by atoms with Gasteiger partial charge in [-0.15, -0.1) is 0 Å². The summed E-state index contributed by atoms with van der Waals surface area (Å²) in [5.41, 5.74) is 0. The fourth-order valence-electron chi connectivity index (χ4n) is 2.49. The maximum Gasteiger partial charge on any atom is 0.433 e. The van der Waals surface area contributed by atoms with Crippen molar-refractivity contribution < 1.29 is 13.9 Å². The first-order valence-electron chi connectivity index (χ1n) is 7.14. The predicted molar refractivity (Wildman–Crippen MR) is 80.1 cm³/mol. The lowest BCUT2D eigenvalue weighted by atomic mass is 10.3. The Hall–Kier alpha value is -2.70. The van der Waals surface area contributed by atoms with Gasteiger partial charge in [-0.25, -0.2) is 4.57 Å². The quantitative estimate of drug-likeness (QED) is 0.493. The summed E-state index contributed by atoms with van der Waals surface area (Å²) < 4.78 is 7.13. The molecular weight excluding hydrogens is 284 g/mol. The summed E-state index contributed by atoms with van der Waals surface area (Å²) in [7, 11) is 2.04. The highest BCUT2D eigenvalue weighted by molar-refractivity contribution is 5.85. The number of pyridine rings is 1. The van der Waals surface area contributed by atoms with Gasteiger partial charge in [0.05, 0.1) is 12.3 Å². The molecule has 3 rings (SSSR count). The number of rotatable bonds is 4. The first kappa shape index (κ1) is 14.2. The lowest BCUT2D eigenvalue weighted by Crippen LogP contribution is -2.34. The number of aliphatic imine (C=N–C) groups is 1. The predicted octanol–water partition coefficient (Wildman–Crippen LogP) is 2.28. The first-order chi connectivity index (χ1) is 10.6. The van der Waals surface area contributed by atoms with E-state index in [2.05, 4.69) is 4.90 Å². The topological polar surface area (TPSA) is 75.8 Å². The van der Waals surface area contributed by atoms with Gasteiger partial charge in [0.2, 0.25) is 5.84 Å². The standard InChI is InChI=1S/C15H17N4O3/c1-17-9-4-6-13(17)16-14-5-2-3-10-18(14)11-12-7-8-15(22-12)19(20)21/h2-3,5,7-8,10H,4,6,9,11H2,1H3/q+1. The van der Waals surface area contributed by atoms with Gasteiger partial charge in [-0.05, 0) is 23.5 Å². The van der Waals surface area contributed by atoms with Crippen molar-refractivity contribution in [3.05, 3.63) is 52.4 Å². The zero-order valence-electron chi connectivity index (χ0n) is 12.3. The highest BCUT2D eigenvalue weighted by Gasteiger charge is 2.21. The van der Waals surface area contributed by atoms with E-state index in [0.29, 0.717) is 12.3 Å². The number of hydrogen-bond acceptors (Lipinski definition) is 4. The zero-order chi connectivity index (χ0) is 15.5. The molecular formula is C15H17N4O3+. The molecule has 3 heterocycles. The average molecular weight is 301 g/mol. The van der Waals surface area contributed by atoms with Crippen LogP contribution in [-0.2, 0) is 6.54 Å². The lowest BCUT2D eigenvalue weighted by molar-refractivity contribution is -0.677. The molecule has 2 aromatic rings. The largest absolute Gasteiger partial charge is 0.433 e. The minimum Gasteiger partial charge on any atom is -0.402 e. The Kier molecular flexibility index (Phi) is 3.86. The van der Waals surface area contributed by atoms with Crippen LogP contribution in [0.25, 0.3) is 0 Å². The third-order valence-corrected chi connectivity index (χ3v) is 3.65. The Labute approximate surface area is 127 Å². The first-order valence-corrected chi connectivity index (χ1v) is 7.14. The number of amidine groups is 1. The molecule has 0 bridgehead atoms. The normalized spacial score (nSPS) is 16.4. The van der Waals surface area contributed by atoms with Crippen molar-refractivity contribution >= 4 is 17.5 Å². The molecule has 0 amide bonds. The van der Waals surface area contributed by atoms with Crippen LogP contribution in [0.1, 0.15) is 18.6 Å². The third kappa shape index (κ3) is 2.98. The summed E-state index contributed by atoms with van der Waals surface area (Å²) in [4.78, 5) is 17.0. The molecule has 0 aliphatic carbocycles. The summed E-state index contributed by atoms with van der Waals surface area (Å²) in [5, 5.41) is 10.7. The van der Waals surface area contributed by atoms with E-state index >= 15 is 0 Å². The van der Waals surface area contributed by atoms with E-state index in [1.165, 1.54) is 6.07 Å². The molecule has 1 saturated heterocycles. The van der Waals surface area contributed by atoms with E-state index in [9.17, 15) is 10.1 Å². The molecule has 7 heteroatoms. The van der Waals surface area contributed by atoms with Gasteiger partial charge in [0.1, 0.15) is 11.5 Å². The number of likely N-dealkylation sites (tertiary alicyclic amines) is 1. The fraction of sp³-hybridized carbons (Fsp3) is 0.333. The summed E-state index contributed by atoms with van der Waals surface area (Å²) in [6.07, 6.45) is 3.98. The van der Waals surface area contributed by atoms with E-state index in [-0.39, 0.29) is 5.88 Å². The van der Waals surface area contributed by atoms with Crippen molar-refractivity contribution in [1.82, 2.24) is 4.90 Å². The molecule has 2 aromatic heterocycles. The second-order valence-electron chi connectivity index (χ2n) is 5.24. The van der Waals surface area contributed by atoms with E-state index in [0.717, 1.165) is 31.0 Å². The molecule has 7 nitrogen and oxygen atoms in total. The van der Waals surface area contributed by atoms with Crippen molar-refractivity contribution in [3.63, 3.8) is 0 Å². The molecule has 1 fully saturated rings. The Bertz CT molecular complexity index is 723. The molecule has 0 saturated carbocycles. The maximum absolute atomic E-state index is 10.7. The average Bonchev–Trinajstić information content (AvgIpc) is 3.11. The van der Waals surface area contributed by atoms with Crippen LogP contribution in [0.3, 0.4) is 0 Å². The lowest BCUT2D eigenvalue weighted by Gasteiger charge is -2.06. The van der Waals surface area contributed by atoms with Crippen LogP contribution in [0.4, 0.5) is 11.7 Å². The second-order valence-corrected chi connectivity index (χ2v) is 5.24. The highest BCUT2D eigenvalue weighted by atomic mass is 16.6. The summed E-state index contributed by atoms with van der Waals surface area (Å²) in [5.74, 6) is 2.16. The van der Waals surface area contributed by atoms with Crippen LogP contribution in [-0.4, -0.2) is 29.3 Å². The van der Waals surface area contributed by atoms with Gasteiger partial charge in [-0.3, -0.25) is 10.1 Å². The minimum absolute atomic E-state index is 0.241. The molecule has 0 aromatic carbocycles. The number of furan rings is 1.